The summed E-state index contributed by atoms with van der Waals surface area (Å²) in [6.45, 7) is 4.23. The summed E-state index contributed by atoms with van der Waals surface area (Å²) in [5.74, 6) is 2.37. The molecule has 0 radical (unpaired) electrons. The zero-order valence-corrected chi connectivity index (χ0v) is 9.44. The maximum Gasteiger partial charge on any atom is 0.243 e. The normalized spacial score (nSPS) is 21.0. The fraction of sp³-hybridized carbons (Fsp3) is 0.818. The lowest BCUT2D eigenvalue weighted by atomic mass is 9.85. The van der Waals surface area contributed by atoms with Gasteiger partial charge < -0.3 is 10.3 Å². The molecule has 0 saturated heterocycles. The third-order valence-electron chi connectivity index (χ3n) is 3.47. The third kappa shape index (κ3) is 2.04. The Hall–Kier alpha value is -0.900. The molecule has 0 spiro atoms. The van der Waals surface area contributed by atoms with E-state index in [9.17, 15) is 0 Å². The Labute approximate surface area is 90.2 Å². The van der Waals surface area contributed by atoms with Crippen molar-refractivity contribution in [2.24, 2.45) is 11.7 Å². The van der Waals surface area contributed by atoms with Crippen LogP contribution in [-0.4, -0.2) is 10.1 Å². The Morgan fingerprint density at radius 1 is 1.53 bits per heavy atom. The van der Waals surface area contributed by atoms with Gasteiger partial charge in [0.1, 0.15) is 0 Å². The summed E-state index contributed by atoms with van der Waals surface area (Å²) in [5, 5.41) is 4.01. The van der Waals surface area contributed by atoms with Gasteiger partial charge in [0, 0.05) is 5.92 Å². The first kappa shape index (κ1) is 10.6. The molecule has 2 N–H and O–H groups in total. The maximum atomic E-state index is 6.03. The molecule has 1 heterocycles. The summed E-state index contributed by atoms with van der Waals surface area (Å²) in [7, 11) is 0. The van der Waals surface area contributed by atoms with Crippen LogP contribution < -0.4 is 5.73 Å². The molecule has 0 amide bonds. The van der Waals surface area contributed by atoms with Gasteiger partial charge in [0.15, 0.2) is 5.82 Å². The molecule has 84 valence electrons. The lowest BCUT2D eigenvalue weighted by molar-refractivity contribution is 0.304. The Balaban J connectivity index is 2.05. The topological polar surface area (TPSA) is 64.9 Å². The van der Waals surface area contributed by atoms with Crippen molar-refractivity contribution in [1.29, 1.82) is 0 Å². The minimum Gasteiger partial charge on any atom is -0.338 e. The molecule has 15 heavy (non-hydrogen) atoms. The van der Waals surface area contributed by atoms with Gasteiger partial charge >= 0.3 is 0 Å². The lowest BCUT2D eigenvalue weighted by Gasteiger charge is -2.21. The molecule has 0 unspecified atom stereocenters. The molecule has 0 bridgehead atoms. The summed E-state index contributed by atoms with van der Waals surface area (Å²) in [6, 6.07) is -0.115. The van der Waals surface area contributed by atoms with E-state index in [1.54, 1.807) is 0 Å². The fourth-order valence-corrected chi connectivity index (χ4v) is 1.71. The van der Waals surface area contributed by atoms with E-state index in [-0.39, 0.29) is 6.04 Å². The minimum atomic E-state index is -0.115. The van der Waals surface area contributed by atoms with Crippen LogP contribution in [0.15, 0.2) is 4.52 Å². The van der Waals surface area contributed by atoms with Gasteiger partial charge in [-0.1, -0.05) is 31.8 Å². The summed E-state index contributed by atoms with van der Waals surface area (Å²) in [5.41, 5.74) is 6.03. The van der Waals surface area contributed by atoms with Crippen LogP contribution in [-0.2, 0) is 0 Å². The quantitative estimate of drug-likeness (QED) is 0.826. The van der Waals surface area contributed by atoms with E-state index in [1.165, 1.54) is 19.3 Å². The molecule has 0 aromatic carbocycles. The van der Waals surface area contributed by atoms with Gasteiger partial charge in [-0.05, 0) is 18.8 Å². The van der Waals surface area contributed by atoms with E-state index in [2.05, 4.69) is 24.0 Å². The standard InChI is InChI=1S/C11H19N3O/c1-3-7(2)9(12)11-13-10(14-15-11)8-5-4-6-8/h7-9H,3-6,12H2,1-2H3/t7-,9-/m0/s1. The van der Waals surface area contributed by atoms with Crippen molar-refractivity contribution in [3.8, 4) is 0 Å². The summed E-state index contributed by atoms with van der Waals surface area (Å²) < 4.78 is 5.22. The van der Waals surface area contributed by atoms with Crippen molar-refractivity contribution in [3.63, 3.8) is 0 Å². The molecule has 1 fully saturated rings. The molecule has 2 atom stereocenters. The van der Waals surface area contributed by atoms with Crippen molar-refractivity contribution < 1.29 is 4.52 Å². The Morgan fingerprint density at radius 2 is 2.27 bits per heavy atom. The highest BCUT2D eigenvalue weighted by atomic mass is 16.5. The summed E-state index contributed by atoms with van der Waals surface area (Å²) in [6.07, 6.45) is 4.70. The Morgan fingerprint density at radius 3 is 2.80 bits per heavy atom. The van der Waals surface area contributed by atoms with Crippen molar-refractivity contribution in [1.82, 2.24) is 10.1 Å². The highest BCUT2D eigenvalue weighted by molar-refractivity contribution is 5.01. The van der Waals surface area contributed by atoms with Gasteiger partial charge in [0.2, 0.25) is 5.89 Å². The monoisotopic (exact) mass is 209 g/mol. The summed E-state index contributed by atoms with van der Waals surface area (Å²) >= 11 is 0. The van der Waals surface area contributed by atoms with Crippen LogP contribution in [0.1, 0.15) is 63.2 Å². The minimum absolute atomic E-state index is 0.115. The Kier molecular flexibility index (Phi) is 3.05. The predicted molar refractivity (Wildman–Crippen MR) is 57.3 cm³/mol. The van der Waals surface area contributed by atoms with Crippen LogP contribution >= 0.6 is 0 Å². The van der Waals surface area contributed by atoms with E-state index in [0.29, 0.717) is 17.7 Å². The van der Waals surface area contributed by atoms with Crippen molar-refractivity contribution in [2.75, 3.05) is 0 Å². The second kappa shape index (κ2) is 4.31. The SMILES string of the molecule is CC[C@H](C)[C@H](N)c1nc(C2CCC2)no1. The molecule has 2 rings (SSSR count). The first-order valence-electron chi connectivity index (χ1n) is 5.81. The van der Waals surface area contributed by atoms with Gasteiger partial charge in [-0.3, -0.25) is 0 Å². The van der Waals surface area contributed by atoms with Crippen LogP contribution in [0.5, 0.6) is 0 Å². The van der Waals surface area contributed by atoms with E-state index in [4.69, 9.17) is 10.3 Å². The fourth-order valence-electron chi connectivity index (χ4n) is 1.71. The van der Waals surface area contributed by atoms with Gasteiger partial charge in [-0.25, -0.2) is 0 Å². The van der Waals surface area contributed by atoms with Crippen LogP contribution in [0.4, 0.5) is 0 Å². The third-order valence-corrected chi connectivity index (χ3v) is 3.47. The van der Waals surface area contributed by atoms with Gasteiger partial charge in [0.25, 0.3) is 0 Å². The number of aromatic nitrogens is 2. The van der Waals surface area contributed by atoms with E-state index in [0.717, 1.165) is 12.2 Å². The average molecular weight is 209 g/mol. The first-order valence-corrected chi connectivity index (χ1v) is 5.81. The van der Waals surface area contributed by atoms with Crippen molar-refractivity contribution in [2.45, 2.75) is 51.5 Å². The zero-order chi connectivity index (χ0) is 10.8. The molecule has 1 aromatic rings. The number of hydrogen-bond donors (Lipinski definition) is 1. The molecule has 1 saturated carbocycles. The number of rotatable bonds is 4. The van der Waals surface area contributed by atoms with E-state index in [1.807, 2.05) is 0 Å². The molecule has 0 aliphatic heterocycles. The van der Waals surface area contributed by atoms with E-state index >= 15 is 0 Å². The van der Waals surface area contributed by atoms with Crippen LogP contribution in [0.3, 0.4) is 0 Å². The second-order valence-corrected chi connectivity index (χ2v) is 4.53. The molecule has 1 aromatic heterocycles. The van der Waals surface area contributed by atoms with Crippen LogP contribution in [0.2, 0.25) is 0 Å². The highest BCUT2D eigenvalue weighted by Gasteiger charge is 2.27. The predicted octanol–water partition coefficient (Wildman–Crippen LogP) is 2.38. The number of nitrogens with two attached hydrogens (primary N) is 1. The van der Waals surface area contributed by atoms with Crippen LogP contribution in [0, 0.1) is 5.92 Å². The molecule has 1 aliphatic rings. The van der Waals surface area contributed by atoms with Crippen molar-refractivity contribution >= 4 is 0 Å². The largest absolute Gasteiger partial charge is 0.338 e. The smallest absolute Gasteiger partial charge is 0.243 e. The van der Waals surface area contributed by atoms with Gasteiger partial charge in [0.05, 0.1) is 6.04 Å². The average Bonchev–Trinajstić information content (AvgIpc) is 2.62. The van der Waals surface area contributed by atoms with Crippen LogP contribution in [0.25, 0.3) is 0 Å². The summed E-state index contributed by atoms with van der Waals surface area (Å²) in [4.78, 5) is 4.40. The molecule has 1 aliphatic carbocycles. The maximum absolute atomic E-state index is 6.03. The molecular formula is C11H19N3O. The van der Waals surface area contributed by atoms with E-state index < -0.39 is 0 Å². The molecule has 4 heteroatoms. The molecule has 4 nitrogen and oxygen atoms in total. The number of hydrogen-bond acceptors (Lipinski definition) is 4. The lowest BCUT2D eigenvalue weighted by Crippen LogP contribution is -2.19. The Bertz CT molecular complexity index is 319. The van der Waals surface area contributed by atoms with Crippen molar-refractivity contribution in [3.05, 3.63) is 11.7 Å². The highest BCUT2D eigenvalue weighted by Crippen LogP contribution is 2.35. The molecular weight excluding hydrogens is 190 g/mol. The number of nitrogens with zero attached hydrogens (tertiary/aromatic N) is 2. The van der Waals surface area contributed by atoms with Gasteiger partial charge in [-0.2, -0.15) is 4.98 Å². The first-order chi connectivity index (χ1) is 7.22. The van der Waals surface area contributed by atoms with Gasteiger partial charge in [-0.15, -0.1) is 0 Å². The second-order valence-electron chi connectivity index (χ2n) is 4.53. The zero-order valence-electron chi connectivity index (χ0n) is 9.44.